The Labute approximate surface area is 79.9 Å². The minimum Gasteiger partial charge on any atom is -0.396 e. The molecule has 0 spiro atoms. The third-order valence-corrected chi connectivity index (χ3v) is 2.01. The van der Waals surface area contributed by atoms with Crippen LogP contribution in [-0.2, 0) is 4.79 Å². The average Bonchev–Trinajstić information content (AvgIpc) is 2.15. The van der Waals surface area contributed by atoms with Crippen molar-refractivity contribution in [2.75, 3.05) is 26.7 Å². The lowest BCUT2D eigenvalue weighted by Gasteiger charge is -2.20. The summed E-state index contributed by atoms with van der Waals surface area (Å²) < 4.78 is 0. The van der Waals surface area contributed by atoms with Crippen LogP contribution in [0.1, 0.15) is 20.3 Å². The number of nitrogens with one attached hydrogen (secondary N) is 1. The molecule has 4 nitrogen and oxygen atoms in total. The number of carbonyl (C=O) groups excluding carboxylic acids is 1. The summed E-state index contributed by atoms with van der Waals surface area (Å²) in [6.07, 6.45) is 0.688. The molecule has 0 fully saturated rings. The average molecular weight is 188 g/mol. The summed E-state index contributed by atoms with van der Waals surface area (Å²) in [6, 6.07) is -0.156. The summed E-state index contributed by atoms with van der Waals surface area (Å²) >= 11 is 0. The van der Waals surface area contributed by atoms with Crippen LogP contribution in [0.4, 0.5) is 0 Å². The van der Waals surface area contributed by atoms with Gasteiger partial charge in [0.1, 0.15) is 0 Å². The van der Waals surface area contributed by atoms with Gasteiger partial charge in [-0.3, -0.25) is 4.79 Å². The van der Waals surface area contributed by atoms with Crippen LogP contribution in [0.2, 0.25) is 0 Å². The topological polar surface area (TPSA) is 52.6 Å². The lowest BCUT2D eigenvalue weighted by Crippen LogP contribution is -2.43. The van der Waals surface area contributed by atoms with Gasteiger partial charge >= 0.3 is 0 Å². The molecule has 0 aromatic rings. The molecule has 0 aliphatic heterocycles. The first-order valence-electron chi connectivity index (χ1n) is 4.72. The van der Waals surface area contributed by atoms with Gasteiger partial charge in [0.15, 0.2) is 0 Å². The number of aliphatic hydroxyl groups is 1. The summed E-state index contributed by atoms with van der Waals surface area (Å²) in [4.78, 5) is 13.1. The fraction of sp³-hybridized carbons (Fsp3) is 0.889. The molecule has 1 amide bonds. The Morgan fingerprint density at radius 1 is 1.62 bits per heavy atom. The number of likely N-dealkylation sites (N-methyl/N-ethyl adjacent to an activating group) is 1. The molecular formula is C9H20N2O2. The molecule has 4 heteroatoms. The maximum Gasteiger partial charge on any atom is 0.239 e. The van der Waals surface area contributed by atoms with Crippen molar-refractivity contribution >= 4 is 5.91 Å². The lowest BCUT2D eigenvalue weighted by atomic mass is 10.3. The molecule has 78 valence electrons. The van der Waals surface area contributed by atoms with E-state index in [1.54, 1.807) is 11.9 Å². The maximum absolute atomic E-state index is 11.5. The first-order chi connectivity index (χ1) is 6.13. The van der Waals surface area contributed by atoms with E-state index in [1.165, 1.54) is 0 Å². The molecule has 1 atom stereocenters. The van der Waals surface area contributed by atoms with Gasteiger partial charge in [0.2, 0.25) is 5.91 Å². The van der Waals surface area contributed by atoms with Crippen molar-refractivity contribution in [2.24, 2.45) is 0 Å². The fourth-order valence-electron chi connectivity index (χ4n) is 0.971. The van der Waals surface area contributed by atoms with Crippen LogP contribution in [0.3, 0.4) is 0 Å². The molecule has 0 aromatic carbocycles. The highest BCUT2D eigenvalue weighted by Gasteiger charge is 2.14. The molecule has 2 N–H and O–H groups in total. The van der Waals surface area contributed by atoms with Crippen molar-refractivity contribution in [1.82, 2.24) is 10.2 Å². The number of carbonyl (C=O) groups is 1. The molecule has 0 radical (unpaired) electrons. The number of hydrogen-bond donors (Lipinski definition) is 2. The van der Waals surface area contributed by atoms with Crippen LogP contribution in [0, 0.1) is 0 Å². The highest BCUT2D eigenvalue weighted by Crippen LogP contribution is 1.91. The van der Waals surface area contributed by atoms with Crippen molar-refractivity contribution in [3.8, 4) is 0 Å². The van der Waals surface area contributed by atoms with Gasteiger partial charge in [0, 0.05) is 20.2 Å². The lowest BCUT2D eigenvalue weighted by molar-refractivity contribution is -0.131. The van der Waals surface area contributed by atoms with Crippen LogP contribution in [-0.4, -0.2) is 48.7 Å². The number of nitrogens with zero attached hydrogens (tertiary/aromatic N) is 1. The summed E-state index contributed by atoms with van der Waals surface area (Å²) in [5.74, 6) is 0.0976. The summed E-state index contributed by atoms with van der Waals surface area (Å²) in [5.41, 5.74) is 0. The van der Waals surface area contributed by atoms with E-state index in [4.69, 9.17) is 5.11 Å². The number of amides is 1. The molecule has 0 heterocycles. The molecule has 0 bridgehead atoms. The Bertz CT molecular complexity index is 151. The van der Waals surface area contributed by atoms with E-state index in [0.717, 1.165) is 6.54 Å². The van der Waals surface area contributed by atoms with Crippen LogP contribution < -0.4 is 5.32 Å². The number of rotatable bonds is 6. The Hall–Kier alpha value is -0.610. The smallest absolute Gasteiger partial charge is 0.239 e. The quantitative estimate of drug-likeness (QED) is 0.569. The predicted molar refractivity (Wildman–Crippen MR) is 52.5 cm³/mol. The highest BCUT2D eigenvalue weighted by atomic mass is 16.3. The van der Waals surface area contributed by atoms with Gasteiger partial charge in [-0.1, -0.05) is 0 Å². The summed E-state index contributed by atoms with van der Waals surface area (Å²) in [6.45, 7) is 5.35. The second-order valence-electron chi connectivity index (χ2n) is 3.11. The van der Waals surface area contributed by atoms with Gasteiger partial charge in [-0.05, 0) is 26.8 Å². The van der Waals surface area contributed by atoms with E-state index >= 15 is 0 Å². The molecule has 13 heavy (non-hydrogen) atoms. The third-order valence-electron chi connectivity index (χ3n) is 2.01. The van der Waals surface area contributed by atoms with Crippen molar-refractivity contribution in [2.45, 2.75) is 26.3 Å². The first-order valence-corrected chi connectivity index (χ1v) is 4.72. The second-order valence-corrected chi connectivity index (χ2v) is 3.11. The molecule has 1 unspecified atom stereocenters. The zero-order chi connectivity index (χ0) is 10.3. The van der Waals surface area contributed by atoms with Crippen LogP contribution in [0.5, 0.6) is 0 Å². The first kappa shape index (κ1) is 12.4. The van der Waals surface area contributed by atoms with Crippen molar-refractivity contribution in [3.63, 3.8) is 0 Å². The van der Waals surface area contributed by atoms with Crippen LogP contribution in [0.25, 0.3) is 0 Å². The molecule has 0 rings (SSSR count). The van der Waals surface area contributed by atoms with E-state index in [9.17, 15) is 4.79 Å². The van der Waals surface area contributed by atoms with E-state index in [2.05, 4.69) is 5.32 Å². The third kappa shape index (κ3) is 4.85. The minimum absolute atomic E-state index is 0.0976. The minimum atomic E-state index is -0.156. The van der Waals surface area contributed by atoms with Crippen molar-refractivity contribution in [3.05, 3.63) is 0 Å². The zero-order valence-electron chi connectivity index (χ0n) is 8.71. The van der Waals surface area contributed by atoms with Gasteiger partial charge in [0.25, 0.3) is 0 Å². The Morgan fingerprint density at radius 3 is 2.69 bits per heavy atom. The SMILES string of the molecule is CCN(C)C(=O)C(C)NCCCO. The van der Waals surface area contributed by atoms with E-state index in [0.29, 0.717) is 13.0 Å². The number of hydrogen-bond acceptors (Lipinski definition) is 3. The van der Waals surface area contributed by atoms with Crippen LogP contribution in [0.15, 0.2) is 0 Å². The predicted octanol–water partition coefficient (Wildman–Crippen LogP) is -0.175. The van der Waals surface area contributed by atoms with Crippen molar-refractivity contribution < 1.29 is 9.90 Å². The molecular weight excluding hydrogens is 168 g/mol. The van der Waals surface area contributed by atoms with E-state index in [1.807, 2.05) is 13.8 Å². The Balaban J connectivity index is 3.69. The molecule has 0 aromatic heterocycles. The zero-order valence-corrected chi connectivity index (χ0v) is 8.71. The summed E-state index contributed by atoms with van der Waals surface area (Å²) in [7, 11) is 1.78. The standard InChI is InChI=1S/C9H20N2O2/c1-4-11(3)9(13)8(2)10-6-5-7-12/h8,10,12H,4-7H2,1-3H3. The fourth-order valence-corrected chi connectivity index (χ4v) is 0.971. The molecule has 0 saturated heterocycles. The van der Waals surface area contributed by atoms with Crippen LogP contribution >= 0.6 is 0 Å². The van der Waals surface area contributed by atoms with Gasteiger partial charge in [-0.2, -0.15) is 0 Å². The second kappa shape index (κ2) is 6.86. The normalized spacial score (nSPS) is 12.6. The van der Waals surface area contributed by atoms with Gasteiger partial charge in [-0.15, -0.1) is 0 Å². The molecule has 0 aliphatic rings. The largest absolute Gasteiger partial charge is 0.396 e. The van der Waals surface area contributed by atoms with Gasteiger partial charge < -0.3 is 15.3 Å². The van der Waals surface area contributed by atoms with E-state index < -0.39 is 0 Å². The summed E-state index contributed by atoms with van der Waals surface area (Å²) in [5, 5.41) is 11.6. The Morgan fingerprint density at radius 2 is 2.23 bits per heavy atom. The van der Waals surface area contributed by atoms with E-state index in [-0.39, 0.29) is 18.6 Å². The molecule has 0 saturated carbocycles. The monoisotopic (exact) mass is 188 g/mol. The highest BCUT2D eigenvalue weighted by molar-refractivity contribution is 5.81. The Kier molecular flexibility index (Phi) is 6.54. The number of aliphatic hydroxyl groups excluding tert-OH is 1. The van der Waals surface area contributed by atoms with Gasteiger partial charge in [0.05, 0.1) is 6.04 Å². The molecule has 0 aliphatic carbocycles. The maximum atomic E-state index is 11.5. The van der Waals surface area contributed by atoms with Gasteiger partial charge in [-0.25, -0.2) is 0 Å². The van der Waals surface area contributed by atoms with Crippen molar-refractivity contribution in [1.29, 1.82) is 0 Å².